The van der Waals surface area contributed by atoms with Gasteiger partial charge in [-0.25, -0.2) is 0 Å². The normalized spacial score (nSPS) is 26.0. The lowest BCUT2D eigenvalue weighted by atomic mass is 10.4. The fourth-order valence-corrected chi connectivity index (χ4v) is 1.79. The summed E-state index contributed by atoms with van der Waals surface area (Å²) in [7, 11) is 1.67. The summed E-state index contributed by atoms with van der Waals surface area (Å²) in [4.78, 5) is 11.4. The van der Waals surface area contributed by atoms with Gasteiger partial charge in [-0.05, 0) is 28.4 Å². The molecule has 0 bridgehead atoms. The van der Waals surface area contributed by atoms with Crippen LogP contribution in [0.25, 0.3) is 0 Å². The molecule has 1 aliphatic rings. The first kappa shape index (κ1) is 8.97. The maximum atomic E-state index is 11.4. The van der Waals surface area contributed by atoms with Crippen LogP contribution in [0.15, 0.2) is 27.6 Å². The Labute approximate surface area is 84.5 Å². The number of nitrogens with zero attached hydrogens (tertiary/aromatic N) is 1. The summed E-state index contributed by atoms with van der Waals surface area (Å²) in [5.41, 5.74) is 0.0350. The fraction of sp³-hybridized carbons (Fsp3) is 0.444. The minimum Gasteiger partial charge on any atom is -0.379 e. The number of halogens is 1. The van der Waals surface area contributed by atoms with E-state index in [-0.39, 0.29) is 17.7 Å². The summed E-state index contributed by atoms with van der Waals surface area (Å²) < 4.78 is 7.79. The van der Waals surface area contributed by atoms with Gasteiger partial charge in [0.1, 0.15) is 0 Å². The summed E-state index contributed by atoms with van der Waals surface area (Å²) >= 11 is 3.33. The summed E-state index contributed by atoms with van der Waals surface area (Å²) in [5.74, 6) is 0. The highest BCUT2D eigenvalue weighted by Gasteiger charge is 2.39. The second-order valence-corrected chi connectivity index (χ2v) is 4.09. The molecule has 1 fully saturated rings. The van der Waals surface area contributed by atoms with Crippen molar-refractivity contribution in [2.24, 2.45) is 0 Å². The molecule has 0 saturated heterocycles. The molecule has 70 valence electrons. The Kier molecular flexibility index (Phi) is 2.26. The van der Waals surface area contributed by atoms with Gasteiger partial charge in [0.05, 0.1) is 12.1 Å². The quantitative estimate of drug-likeness (QED) is 0.790. The molecule has 0 amide bonds. The summed E-state index contributed by atoms with van der Waals surface area (Å²) in [6.45, 7) is 0. The van der Waals surface area contributed by atoms with Gasteiger partial charge in [-0.3, -0.25) is 4.79 Å². The average Bonchev–Trinajstić information content (AvgIpc) is 2.88. The summed E-state index contributed by atoms with van der Waals surface area (Å²) in [5, 5.41) is 0. The Balaban J connectivity index is 2.31. The molecule has 13 heavy (non-hydrogen) atoms. The van der Waals surface area contributed by atoms with E-state index in [0.717, 1.165) is 10.9 Å². The number of hydrogen-bond donors (Lipinski definition) is 0. The SMILES string of the molecule is COC1CC1n1cc(Br)ccc1=O. The zero-order chi connectivity index (χ0) is 9.42. The second-order valence-electron chi connectivity index (χ2n) is 3.17. The minimum atomic E-state index is 0.0350. The first-order chi connectivity index (χ1) is 6.22. The predicted molar refractivity (Wildman–Crippen MR) is 52.9 cm³/mol. The number of pyridine rings is 1. The van der Waals surface area contributed by atoms with Crippen molar-refractivity contribution in [3.63, 3.8) is 0 Å². The van der Waals surface area contributed by atoms with E-state index in [1.54, 1.807) is 23.8 Å². The Morgan fingerprint density at radius 3 is 3.00 bits per heavy atom. The topological polar surface area (TPSA) is 31.2 Å². The molecule has 0 aliphatic heterocycles. The van der Waals surface area contributed by atoms with E-state index in [1.165, 1.54) is 0 Å². The highest BCUT2D eigenvalue weighted by Crippen LogP contribution is 2.37. The fourth-order valence-electron chi connectivity index (χ4n) is 1.44. The van der Waals surface area contributed by atoms with Crippen LogP contribution < -0.4 is 5.56 Å². The monoisotopic (exact) mass is 243 g/mol. The number of ether oxygens (including phenoxy) is 1. The van der Waals surface area contributed by atoms with E-state index in [4.69, 9.17) is 4.74 Å². The van der Waals surface area contributed by atoms with E-state index >= 15 is 0 Å². The predicted octanol–water partition coefficient (Wildman–Crippen LogP) is 1.57. The lowest BCUT2D eigenvalue weighted by Crippen LogP contribution is -2.18. The Hall–Kier alpha value is -0.610. The van der Waals surface area contributed by atoms with Gasteiger partial charge in [-0.15, -0.1) is 0 Å². The van der Waals surface area contributed by atoms with Crippen molar-refractivity contribution in [3.8, 4) is 0 Å². The van der Waals surface area contributed by atoms with E-state index in [1.807, 2.05) is 6.20 Å². The van der Waals surface area contributed by atoms with Gasteiger partial charge >= 0.3 is 0 Å². The smallest absolute Gasteiger partial charge is 0.250 e. The lowest BCUT2D eigenvalue weighted by molar-refractivity contribution is 0.169. The number of hydrogen-bond acceptors (Lipinski definition) is 2. The van der Waals surface area contributed by atoms with E-state index in [2.05, 4.69) is 15.9 Å². The zero-order valence-electron chi connectivity index (χ0n) is 7.24. The van der Waals surface area contributed by atoms with Crippen molar-refractivity contribution < 1.29 is 4.74 Å². The van der Waals surface area contributed by atoms with Crippen LogP contribution in [0.2, 0.25) is 0 Å². The van der Waals surface area contributed by atoms with Crippen LogP contribution >= 0.6 is 15.9 Å². The molecule has 2 rings (SSSR count). The third-order valence-electron chi connectivity index (χ3n) is 2.26. The minimum absolute atomic E-state index is 0.0350. The third-order valence-corrected chi connectivity index (χ3v) is 2.73. The summed E-state index contributed by atoms with van der Waals surface area (Å²) in [6.07, 6.45) is 2.96. The molecule has 1 aliphatic carbocycles. The molecule has 1 aromatic rings. The van der Waals surface area contributed by atoms with Crippen LogP contribution in [0.3, 0.4) is 0 Å². The standard InChI is InChI=1S/C9H10BrNO2/c1-13-8-4-7(8)11-5-6(10)2-3-9(11)12/h2-3,5,7-8H,4H2,1H3. The number of aromatic nitrogens is 1. The average molecular weight is 244 g/mol. The van der Waals surface area contributed by atoms with E-state index in [9.17, 15) is 4.79 Å². The molecule has 0 aromatic carbocycles. The number of methoxy groups -OCH3 is 1. The molecule has 1 aromatic heterocycles. The van der Waals surface area contributed by atoms with Crippen molar-refractivity contribution in [2.45, 2.75) is 18.6 Å². The van der Waals surface area contributed by atoms with Gasteiger partial charge in [0.25, 0.3) is 5.56 Å². The Morgan fingerprint density at radius 2 is 2.38 bits per heavy atom. The van der Waals surface area contributed by atoms with Crippen LogP contribution in [0.4, 0.5) is 0 Å². The van der Waals surface area contributed by atoms with Crippen LogP contribution in [-0.2, 0) is 4.74 Å². The van der Waals surface area contributed by atoms with Crippen molar-refractivity contribution in [2.75, 3.05) is 7.11 Å². The van der Waals surface area contributed by atoms with Crippen molar-refractivity contribution in [1.29, 1.82) is 0 Å². The molecule has 0 spiro atoms. The first-order valence-corrected chi connectivity index (χ1v) is 4.92. The molecule has 2 atom stereocenters. The molecular weight excluding hydrogens is 234 g/mol. The molecule has 1 heterocycles. The highest BCUT2D eigenvalue weighted by atomic mass is 79.9. The van der Waals surface area contributed by atoms with E-state index < -0.39 is 0 Å². The van der Waals surface area contributed by atoms with Crippen molar-refractivity contribution in [1.82, 2.24) is 4.57 Å². The van der Waals surface area contributed by atoms with E-state index in [0.29, 0.717) is 0 Å². The largest absolute Gasteiger partial charge is 0.379 e. The molecule has 0 radical (unpaired) electrons. The van der Waals surface area contributed by atoms with Gasteiger partial charge in [0.15, 0.2) is 0 Å². The van der Waals surface area contributed by atoms with Gasteiger partial charge in [-0.1, -0.05) is 0 Å². The van der Waals surface area contributed by atoms with Gasteiger partial charge in [0, 0.05) is 23.8 Å². The summed E-state index contributed by atoms with van der Waals surface area (Å²) in [6, 6.07) is 3.55. The van der Waals surface area contributed by atoms with Crippen LogP contribution in [0.1, 0.15) is 12.5 Å². The maximum absolute atomic E-state index is 11.4. The number of rotatable bonds is 2. The van der Waals surface area contributed by atoms with Gasteiger partial charge in [-0.2, -0.15) is 0 Å². The van der Waals surface area contributed by atoms with Gasteiger partial charge in [0.2, 0.25) is 0 Å². The molecule has 1 saturated carbocycles. The van der Waals surface area contributed by atoms with Crippen LogP contribution in [-0.4, -0.2) is 17.8 Å². The first-order valence-electron chi connectivity index (χ1n) is 4.13. The molecule has 3 nitrogen and oxygen atoms in total. The Bertz CT molecular complexity index is 374. The second kappa shape index (κ2) is 3.27. The van der Waals surface area contributed by atoms with Crippen molar-refractivity contribution >= 4 is 15.9 Å². The lowest BCUT2D eigenvalue weighted by Gasteiger charge is -2.03. The van der Waals surface area contributed by atoms with Crippen molar-refractivity contribution in [3.05, 3.63) is 33.2 Å². The highest BCUT2D eigenvalue weighted by molar-refractivity contribution is 9.10. The molecule has 4 heteroatoms. The van der Waals surface area contributed by atoms with Crippen LogP contribution in [0, 0.1) is 0 Å². The molecular formula is C9H10BrNO2. The maximum Gasteiger partial charge on any atom is 0.250 e. The molecule has 0 N–H and O–H groups in total. The molecule has 2 unspecified atom stereocenters. The zero-order valence-corrected chi connectivity index (χ0v) is 8.82. The van der Waals surface area contributed by atoms with Gasteiger partial charge < -0.3 is 9.30 Å². The van der Waals surface area contributed by atoms with Crippen LogP contribution in [0.5, 0.6) is 0 Å². The third kappa shape index (κ3) is 1.69. The Morgan fingerprint density at radius 1 is 1.62 bits per heavy atom.